The quantitative estimate of drug-likeness (QED) is 0.632. The second kappa shape index (κ2) is 5.85. The van der Waals surface area contributed by atoms with Crippen LogP contribution in [0.2, 0.25) is 0 Å². The summed E-state index contributed by atoms with van der Waals surface area (Å²) < 4.78 is 0. The maximum absolute atomic E-state index is 11.6. The molecule has 1 rings (SSSR count). The van der Waals surface area contributed by atoms with Gasteiger partial charge in [-0.1, -0.05) is 0 Å². The van der Waals surface area contributed by atoms with Crippen LogP contribution in [0.3, 0.4) is 0 Å². The molecule has 1 amide bonds. The Labute approximate surface area is 91.2 Å². The van der Waals surface area contributed by atoms with E-state index in [4.69, 9.17) is 0 Å². The number of rotatable bonds is 4. The summed E-state index contributed by atoms with van der Waals surface area (Å²) in [7, 11) is 1.81. The monoisotopic (exact) mass is 212 g/mol. The van der Waals surface area contributed by atoms with Crippen molar-refractivity contribution in [2.45, 2.75) is 19.8 Å². The highest BCUT2D eigenvalue weighted by molar-refractivity contribution is 5.78. The summed E-state index contributed by atoms with van der Waals surface area (Å²) in [6, 6.07) is 0. The van der Waals surface area contributed by atoms with E-state index < -0.39 is 0 Å². The number of likely N-dealkylation sites (tertiary alicyclic amines) is 1. The first-order valence-corrected chi connectivity index (χ1v) is 5.59. The molecule has 1 aliphatic heterocycles. The van der Waals surface area contributed by atoms with Gasteiger partial charge in [-0.25, -0.2) is 0 Å². The maximum atomic E-state index is 11.6. The largest absolute Gasteiger partial charge is 0.345 e. The van der Waals surface area contributed by atoms with Crippen LogP contribution in [0.15, 0.2) is 0 Å². The lowest BCUT2D eigenvalue weighted by molar-refractivity contribution is -0.131. The van der Waals surface area contributed by atoms with Crippen LogP contribution in [0.4, 0.5) is 0 Å². The molecule has 0 aromatic carbocycles. The van der Waals surface area contributed by atoms with Gasteiger partial charge in [0.25, 0.3) is 0 Å². The Morgan fingerprint density at radius 1 is 1.60 bits per heavy atom. The van der Waals surface area contributed by atoms with E-state index in [0.29, 0.717) is 6.54 Å². The van der Waals surface area contributed by atoms with Crippen LogP contribution < -0.4 is 0 Å². The Hall–Kier alpha value is -0.900. The molecule has 0 saturated carbocycles. The summed E-state index contributed by atoms with van der Waals surface area (Å²) in [6.45, 7) is 4.83. The van der Waals surface area contributed by atoms with E-state index in [-0.39, 0.29) is 11.8 Å². The Morgan fingerprint density at radius 3 is 2.93 bits per heavy atom. The molecule has 0 aromatic heterocycles. The zero-order chi connectivity index (χ0) is 11.3. The summed E-state index contributed by atoms with van der Waals surface area (Å²) in [6.07, 6.45) is 3.00. The standard InChI is InChI=1S/C11H20N2O2/c1-3-12(2)11(15)8-13-6-4-5-10(7-13)9-14/h9-10H,3-8H2,1-2H3. The van der Waals surface area contributed by atoms with Crippen LogP contribution >= 0.6 is 0 Å². The van der Waals surface area contributed by atoms with Crippen molar-refractivity contribution in [2.75, 3.05) is 33.2 Å². The van der Waals surface area contributed by atoms with Gasteiger partial charge in [-0.2, -0.15) is 0 Å². The lowest BCUT2D eigenvalue weighted by atomic mass is 10.00. The molecule has 4 nitrogen and oxygen atoms in total. The molecule has 86 valence electrons. The third kappa shape index (κ3) is 3.63. The smallest absolute Gasteiger partial charge is 0.236 e. The van der Waals surface area contributed by atoms with E-state index in [1.165, 1.54) is 0 Å². The number of amides is 1. The van der Waals surface area contributed by atoms with Crippen LogP contribution in [-0.4, -0.2) is 55.2 Å². The molecule has 0 bridgehead atoms. The summed E-state index contributed by atoms with van der Waals surface area (Å²) in [5.74, 6) is 0.266. The van der Waals surface area contributed by atoms with E-state index >= 15 is 0 Å². The van der Waals surface area contributed by atoms with Gasteiger partial charge in [-0.15, -0.1) is 0 Å². The van der Waals surface area contributed by atoms with Gasteiger partial charge >= 0.3 is 0 Å². The number of piperidine rings is 1. The highest BCUT2D eigenvalue weighted by atomic mass is 16.2. The zero-order valence-electron chi connectivity index (χ0n) is 9.61. The van der Waals surface area contributed by atoms with Crippen LogP contribution in [-0.2, 0) is 9.59 Å². The molecule has 1 unspecified atom stereocenters. The van der Waals surface area contributed by atoms with Crippen LogP contribution in [0, 0.1) is 5.92 Å². The van der Waals surface area contributed by atoms with Crippen molar-refractivity contribution < 1.29 is 9.59 Å². The van der Waals surface area contributed by atoms with Crippen LogP contribution in [0.25, 0.3) is 0 Å². The molecule has 1 atom stereocenters. The highest BCUT2D eigenvalue weighted by Crippen LogP contribution is 2.13. The SMILES string of the molecule is CCN(C)C(=O)CN1CCCC(C=O)C1. The van der Waals surface area contributed by atoms with Crippen molar-refractivity contribution in [3.8, 4) is 0 Å². The van der Waals surface area contributed by atoms with Crippen molar-refractivity contribution in [3.63, 3.8) is 0 Å². The number of aldehydes is 1. The fraction of sp³-hybridized carbons (Fsp3) is 0.818. The normalized spacial score (nSPS) is 22.4. The molecule has 1 heterocycles. The first kappa shape index (κ1) is 12.2. The number of nitrogens with zero attached hydrogens (tertiary/aromatic N) is 2. The number of hydrogen-bond acceptors (Lipinski definition) is 3. The van der Waals surface area contributed by atoms with E-state index in [1.807, 2.05) is 14.0 Å². The summed E-state index contributed by atoms with van der Waals surface area (Å²) in [4.78, 5) is 26.1. The predicted molar refractivity (Wildman–Crippen MR) is 58.5 cm³/mol. The average molecular weight is 212 g/mol. The van der Waals surface area contributed by atoms with Gasteiger partial charge in [-0.3, -0.25) is 9.69 Å². The molecule has 1 saturated heterocycles. The van der Waals surface area contributed by atoms with Gasteiger partial charge in [0.05, 0.1) is 6.54 Å². The molecular formula is C11H20N2O2. The van der Waals surface area contributed by atoms with E-state index in [2.05, 4.69) is 4.90 Å². The zero-order valence-corrected chi connectivity index (χ0v) is 9.61. The minimum absolute atomic E-state index is 0.124. The van der Waals surface area contributed by atoms with E-state index in [1.54, 1.807) is 4.90 Å². The Balaban J connectivity index is 2.37. The van der Waals surface area contributed by atoms with Crippen molar-refractivity contribution in [3.05, 3.63) is 0 Å². The lowest BCUT2D eigenvalue weighted by Gasteiger charge is -2.30. The average Bonchev–Trinajstić information content (AvgIpc) is 2.28. The van der Waals surface area contributed by atoms with Crippen LogP contribution in [0.1, 0.15) is 19.8 Å². The highest BCUT2D eigenvalue weighted by Gasteiger charge is 2.21. The van der Waals surface area contributed by atoms with Gasteiger partial charge in [0.15, 0.2) is 0 Å². The molecule has 4 heteroatoms. The number of likely N-dealkylation sites (N-methyl/N-ethyl adjacent to an activating group) is 1. The van der Waals surface area contributed by atoms with Gasteiger partial charge in [-0.05, 0) is 26.3 Å². The third-order valence-corrected chi connectivity index (χ3v) is 2.99. The molecule has 0 spiro atoms. The molecule has 1 fully saturated rings. The molecule has 0 aliphatic carbocycles. The van der Waals surface area contributed by atoms with Gasteiger partial charge in [0, 0.05) is 26.1 Å². The Kier molecular flexibility index (Phi) is 4.75. The minimum Gasteiger partial charge on any atom is -0.345 e. The Bertz CT molecular complexity index is 231. The molecule has 0 aromatic rings. The first-order chi connectivity index (χ1) is 7.17. The van der Waals surface area contributed by atoms with Gasteiger partial charge < -0.3 is 9.69 Å². The fourth-order valence-electron chi connectivity index (χ4n) is 1.83. The third-order valence-electron chi connectivity index (χ3n) is 2.99. The predicted octanol–water partition coefficient (Wildman–Crippen LogP) is 0.376. The fourth-order valence-corrected chi connectivity index (χ4v) is 1.83. The summed E-state index contributed by atoms with van der Waals surface area (Å²) >= 11 is 0. The molecule has 1 aliphatic rings. The molecular weight excluding hydrogens is 192 g/mol. The second-order valence-electron chi connectivity index (χ2n) is 4.18. The maximum Gasteiger partial charge on any atom is 0.236 e. The Morgan fingerprint density at radius 2 is 2.33 bits per heavy atom. The number of hydrogen-bond donors (Lipinski definition) is 0. The van der Waals surface area contributed by atoms with Gasteiger partial charge in [0.2, 0.25) is 5.91 Å². The summed E-state index contributed by atoms with van der Waals surface area (Å²) in [5.41, 5.74) is 0. The van der Waals surface area contributed by atoms with E-state index in [0.717, 1.165) is 38.8 Å². The first-order valence-electron chi connectivity index (χ1n) is 5.59. The topological polar surface area (TPSA) is 40.6 Å². The number of carbonyl (C=O) groups is 2. The molecule has 15 heavy (non-hydrogen) atoms. The van der Waals surface area contributed by atoms with Crippen LogP contribution in [0.5, 0.6) is 0 Å². The van der Waals surface area contributed by atoms with Gasteiger partial charge in [0.1, 0.15) is 6.29 Å². The van der Waals surface area contributed by atoms with E-state index in [9.17, 15) is 9.59 Å². The second-order valence-corrected chi connectivity index (χ2v) is 4.18. The molecule has 0 radical (unpaired) electrons. The molecule has 0 N–H and O–H groups in total. The lowest BCUT2D eigenvalue weighted by Crippen LogP contribution is -2.43. The van der Waals surface area contributed by atoms with Crippen molar-refractivity contribution in [1.29, 1.82) is 0 Å². The minimum atomic E-state index is 0.124. The van der Waals surface area contributed by atoms with Crippen molar-refractivity contribution in [1.82, 2.24) is 9.80 Å². The van der Waals surface area contributed by atoms with Crippen molar-refractivity contribution >= 4 is 12.2 Å². The summed E-state index contributed by atoms with van der Waals surface area (Å²) in [5, 5.41) is 0. The number of carbonyl (C=O) groups excluding carboxylic acids is 2. The van der Waals surface area contributed by atoms with Crippen molar-refractivity contribution in [2.24, 2.45) is 5.92 Å².